The molecule has 0 aliphatic heterocycles. The molecule has 1 unspecified atom stereocenters. The molecule has 2 atom stereocenters. The number of hydrogen-bond donors (Lipinski definition) is 1. The minimum atomic E-state index is -0.0787. The number of hydrogen-bond acceptors (Lipinski definition) is 1. The zero-order chi connectivity index (χ0) is 8.85. The first kappa shape index (κ1) is 11.0. The molecule has 1 N–H and O–H groups in total. The summed E-state index contributed by atoms with van der Waals surface area (Å²) < 4.78 is 0. The number of aliphatic hydroxyl groups is 1. The summed E-state index contributed by atoms with van der Waals surface area (Å²) in [6, 6.07) is 0. The van der Waals surface area contributed by atoms with Gasteiger partial charge in [-0.2, -0.15) is 0 Å². The van der Waals surface area contributed by atoms with Gasteiger partial charge >= 0.3 is 0 Å². The average molecular weight is 158 g/mol. The Labute approximate surface area is 70.8 Å². The van der Waals surface area contributed by atoms with Gasteiger partial charge in [0.05, 0.1) is 6.10 Å². The number of rotatable bonds is 5. The number of aliphatic hydroxyl groups excluding tert-OH is 1. The van der Waals surface area contributed by atoms with E-state index in [1.54, 1.807) is 0 Å². The van der Waals surface area contributed by atoms with Gasteiger partial charge in [-0.3, -0.25) is 0 Å². The second kappa shape index (κ2) is 5.59. The Hall–Kier alpha value is -0.0400. The van der Waals surface area contributed by atoms with Crippen molar-refractivity contribution in [2.45, 2.75) is 53.1 Å². The second-order valence-corrected chi connectivity index (χ2v) is 3.67. The van der Waals surface area contributed by atoms with E-state index in [-0.39, 0.29) is 6.10 Å². The van der Waals surface area contributed by atoms with Crippen LogP contribution in [0.5, 0.6) is 0 Å². The van der Waals surface area contributed by atoms with Crippen LogP contribution in [0.2, 0.25) is 0 Å². The van der Waals surface area contributed by atoms with Crippen molar-refractivity contribution in [2.24, 2.45) is 11.8 Å². The molecule has 0 saturated carbocycles. The van der Waals surface area contributed by atoms with Crippen molar-refractivity contribution in [3.05, 3.63) is 0 Å². The lowest BCUT2D eigenvalue weighted by Crippen LogP contribution is -2.24. The Kier molecular flexibility index (Phi) is 5.57. The van der Waals surface area contributed by atoms with Crippen molar-refractivity contribution < 1.29 is 5.11 Å². The van der Waals surface area contributed by atoms with Gasteiger partial charge in [0.25, 0.3) is 0 Å². The highest BCUT2D eigenvalue weighted by atomic mass is 16.3. The maximum atomic E-state index is 9.68. The standard InChI is InChI=1S/C10H22O/c1-5-7-10(11)9(6-2)8(3)4/h8-11H,5-7H2,1-4H3/t9?,10-/m0/s1. The molecule has 68 valence electrons. The second-order valence-electron chi connectivity index (χ2n) is 3.67. The molecule has 0 spiro atoms. The summed E-state index contributed by atoms with van der Waals surface area (Å²) in [5, 5.41) is 9.68. The summed E-state index contributed by atoms with van der Waals surface area (Å²) in [6.07, 6.45) is 3.06. The molecule has 0 amide bonds. The van der Waals surface area contributed by atoms with Gasteiger partial charge in [-0.25, -0.2) is 0 Å². The molecule has 0 aromatic rings. The summed E-state index contributed by atoms with van der Waals surface area (Å²) in [6.45, 7) is 8.65. The highest BCUT2D eigenvalue weighted by Crippen LogP contribution is 2.21. The van der Waals surface area contributed by atoms with E-state index in [1.807, 2.05) is 0 Å². The van der Waals surface area contributed by atoms with Crippen LogP contribution in [0.4, 0.5) is 0 Å². The first-order valence-corrected chi connectivity index (χ1v) is 4.81. The highest BCUT2D eigenvalue weighted by molar-refractivity contribution is 4.69. The minimum Gasteiger partial charge on any atom is -0.393 e. The van der Waals surface area contributed by atoms with E-state index in [4.69, 9.17) is 0 Å². The Morgan fingerprint density at radius 2 is 1.73 bits per heavy atom. The monoisotopic (exact) mass is 158 g/mol. The van der Waals surface area contributed by atoms with E-state index in [0.717, 1.165) is 19.3 Å². The Balaban J connectivity index is 3.81. The van der Waals surface area contributed by atoms with Crippen LogP contribution in [0.3, 0.4) is 0 Å². The topological polar surface area (TPSA) is 20.2 Å². The molecular weight excluding hydrogens is 136 g/mol. The molecule has 0 aromatic heterocycles. The summed E-state index contributed by atoms with van der Waals surface area (Å²) in [5.41, 5.74) is 0. The van der Waals surface area contributed by atoms with Gasteiger partial charge in [0, 0.05) is 0 Å². The zero-order valence-electron chi connectivity index (χ0n) is 8.30. The molecule has 0 aromatic carbocycles. The van der Waals surface area contributed by atoms with Crippen LogP contribution in [-0.4, -0.2) is 11.2 Å². The predicted molar refractivity (Wildman–Crippen MR) is 49.5 cm³/mol. The van der Waals surface area contributed by atoms with E-state index in [1.165, 1.54) is 0 Å². The maximum Gasteiger partial charge on any atom is 0.0570 e. The molecule has 0 fully saturated rings. The van der Waals surface area contributed by atoms with Crippen molar-refractivity contribution in [2.75, 3.05) is 0 Å². The van der Waals surface area contributed by atoms with Gasteiger partial charge in [0.2, 0.25) is 0 Å². The zero-order valence-corrected chi connectivity index (χ0v) is 8.30. The van der Waals surface area contributed by atoms with Crippen molar-refractivity contribution in [3.63, 3.8) is 0 Å². The van der Waals surface area contributed by atoms with Crippen molar-refractivity contribution in [1.82, 2.24) is 0 Å². The van der Waals surface area contributed by atoms with Gasteiger partial charge in [-0.05, 0) is 18.3 Å². The fourth-order valence-electron chi connectivity index (χ4n) is 1.70. The lowest BCUT2D eigenvalue weighted by molar-refractivity contribution is 0.0708. The predicted octanol–water partition coefficient (Wildman–Crippen LogP) is 2.83. The molecule has 0 bridgehead atoms. The summed E-state index contributed by atoms with van der Waals surface area (Å²) in [5.74, 6) is 1.11. The Morgan fingerprint density at radius 3 is 2.00 bits per heavy atom. The van der Waals surface area contributed by atoms with Crippen LogP contribution in [0.25, 0.3) is 0 Å². The fourth-order valence-corrected chi connectivity index (χ4v) is 1.70. The van der Waals surface area contributed by atoms with E-state index in [0.29, 0.717) is 11.8 Å². The molecule has 1 nitrogen and oxygen atoms in total. The van der Waals surface area contributed by atoms with E-state index >= 15 is 0 Å². The Morgan fingerprint density at radius 1 is 1.18 bits per heavy atom. The summed E-state index contributed by atoms with van der Waals surface area (Å²) in [7, 11) is 0. The van der Waals surface area contributed by atoms with E-state index in [2.05, 4.69) is 27.7 Å². The molecule has 0 rings (SSSR count). The molecular formula is C10H22O. The lowest BCUT2D eigenvalue weighted by Gasteiger charge is -2.24. The minimum absolute atomic E-state index is 0.0787. The third-order valence-electron chi connectivity index (χ3n) is 2.41. The van der Waals surface area contributed by atoms with E-state index in [9.17, 15) is 5.11 Å². The van der Waals surface area contributed by atoms with Crippen molar-refractivity contribution in [3.8, 4) is 0 Å². The van der Waals surface area contributed by atoms with Crippen molar-refractivity contribution in [1.29, 1.82) is 0 Å². The first-order chi connectivity index (χ1) is 5.13. The first-order valence-electron chi connectivity index (χ1n) is 4.81. The third-order valence-corrected chi connectivity index (χ3v) is 2.41. The van der Waals surface area contributed by atoms with Gasteiger partial charge < -0.3 is 5.11 Å². The molecule has 1 heteroatoms. The normalized spacial score (nSPS) is 16.9. The molecule has 0 aliphatic carbocycles. The fraction of sp³-hybridized carbons (Fsp3) is 1.00. The van der Waals surface area contributed by atoms with Crippen LogP contribution >= 0.6 is 0 Å². The third kappa shape index (κ3) is 3.76. The summed E-state index contributed by atoms with van der Waals surface area (Å²) in [4.78, 5) is 0. The van der Waals surface area contributed by atoms with Crippen molar-refractivity contribution >= 4 is 0 Å². The molecule has 11 heavy (non-hydrogen) atoms. The van der Waals surface area contributed by atoms with Crippen LogP contribution in [0.1, 0.15) is 47.0 Å². The highest BCUT2D eigenvalue weighted by Gasteiger charge is 2.19. The Bertz CT molecular complexity index is 88.9. The average Bonchev–Trinajstić information content (AvgIpc) is 1.88. The van der Waals surface area contributed by atoms with E-state index < -0.39 is 0 Å². The van der Waals surface area contributed by atoms with Gasteiger partial charge in [0.1, 0.15) is 0 Å². The molecule has 0 saturated heterocycles. The van der Waals surface area contributed by atoms with Crippen LogP contribution < -0.4 is 0 Å². The van der Waals surface area contributed by atoms with Gasteiger partial charge in [0.15, 0.2) is 0 Å². The molecule has 0 radical (unpaired) electrons. The van der Waals surface area contributed by atoms with Crippen LogP contribution in [-0.2, 0) is 0 Å². The molecule has 0 aliphatic rings. The quantitative estimate of drug-likeness (QED) is 0.652. The van der Waals surface area contributed by atoms with Gasteiger partial charge in [-0.15, -0.1) is 0 Å². The van der Waals surface area contributed by atoms with Crippen LogP contribution in [0, 0.1) is 11.8 Å². The molecule has 0 heterocycles. The lowest BCUT2D eigenvalue weighted by atomic mass is 9.86. The maximum absolute atomic E-state index is 9.68. The van der Waals surface area contributed by atoms with Gasteiger partial charge in [-0.1, -0.05) is 40.5 Å². The van der Waals surface area contributed by atoms with Crippen LogP contribution in [0.15, 0.2) is 0 Å². The summed E-state index contributed by atoms with van der Waals surface area (Å²) >= 11 is 0. The largest absolute Gasteiger partial charge is 0.393 e. The SMILES string of the molecule is CCC[C@H](O)C(CC)C(C)C. The smallest absolute Gasteiger partial charge is 0.0570 e.